The predicted octanol–water partition coefficient (Wildman–Crippen LogP) is 3.04. The van der Waals surface area contributed by atoms with Crippen molar-refractivity contribution in [1.29, 1.82) is 0 Å². The molecule has 0 fully saturated rings. The van der Waals surface area contributed by atoms with Gasteiger partial charge in [0.15, 0.2) is 0 Å². The summed E-state index contributed by atoms with van der Waals surface area (Å²) in [6.45, 7) is 4.16. The third-order valence-electron chi connectivity index (χ3n) is 2.77. The number of thioether (sulfide) groups is 1. The van der Waals surface area contributed by atoms with Gasteiger partial charge in [-0.05, 0) is 36.3 Å². The Balaban J connectivity index is 2.03. The molecule has 0 aliphatic heterocycles. The van der Waals surface area contributed by atoms with Crippen molar-refractivity contribution in [2.24, 2.45) is 0 Å². The van der Waals surface area contributed by atoms with Crippen molar-refractivity contribution in [3.63, 3.8) is 0 Å². The van der Waals surface area contributed by atoms with Crippen LogP contribution in [-0.2, 0) is 0 Å². The number of carbonyl (C=O) groups is 1. The average Bonchev–Trinajstić information content (AvgIpc) is 2.83. The first-order chi connectivity index (χ1) is 8.70. The molecule has 0 aliphatic rings. The van der Waals surface area contributed by atoms with Gasteiger partial charge in [0.2, 0.25) is 0 Å². The molecule has 2 aromatic rings. The summed E-state index contributed by atoms with van der Waals surface area (Å²) in [5, 5.41) is 4.14. The van der Waals surface area contributed by atoms with Gasteiger partial charge < -0.3 is 10.3 Å². The molecule has 0 aliphatic carbocycles. The van der Waals surface area contributed by atoms with Crippen molar-refractivity contribution < 1.29 is 4.79 Å². The van der Waals surface area contributed by atoms with Crippen LogP contribution in [0.1, 0.15) is 24.2 Å². The Morgan fingerprint density at radius 3 is 3.06 bits per heavy atom. The van der Waals surface area contributed by atoms with Gasteiger partial charge in [-0.3, -0.25) is 4.79 Å². The summed E-state index contributed by atoms with van der Waals surface area (Å²) in [5.74, 6) is 2.03. The molecule has 1 heterocycles. The molecule has 3 nitrogen and oxygen atoms in total. The van der Waals surface area contributed by atoms with E-state index in [9.17, 15) is 4.79 Å². The summed E-state index contributed by atoms with van der Waals surface area (Å²) in [6, 6.07) is 7.92. The van der Waals surface area contributed by atoms with Crippen molar-refractivity contribution in [3.05, 3.63) is 36.0 Å². The van der Waals surface area contributed by atoms with Crippen LogP contribution in [0.15, 0.2) is 30.5 Å². The van der Waals surface area contributed by atoms with Crippen molar-refractivity contribution >= 4 is 28.6 Å². The fourth-order valence-corrected chi connectivity index (χ4v) is 2.51. The Morgan fingerprint density at radius 1 is 1.44 bits per heavy atom. The lowest BCUT2D eigenvalue weighted by atomic mass is 10.1. The number of amides is 1. The lowest BCUT2D eigenvalue weighted by molar-refractivity contribution is 0.0944. The van der Waals surface area contributed by atoms with E-state index in [1.807, 2.05) is 49.1 Å². The Hall–Kier alpha value is -1.42. The van der Waals surface area contributed by atoms with E-state index in [4.69, 9.17) is 0 Å². The van der Waals surface area contributed by atoms with E-state index in [-0.39, 0.29) is 11.9 Å². The van der Waals surface area contributed by atoms with Crippen LogP contribution in [0.25, 0.3) is 10.9 Å². The van der Waals surface area contributed by atoms with E-state index in [0.717, 1.165) is 22.4 Å². The standard InChI is InChI=1S/C14H18N2OS/c1-3-18-9-10(2)16-14(17)12-5-4-11-6-7-15-13(11)8-12/h4-8,10,15H,3,9H2,1-2H3,(H,16,17). The van der Waals surface area contributed by atoms with Gasteiger partial charge in [-0.1, -0.05) is 13.0 Å². The monoisotopic (exact) mass is 262 g/mol. The Bertz CT molecular complexity index is 535. The first-order valence-corrected chi connectivity index (χ1v) is 7.32. The summed E-state index contributed by atoms with van der Waals surface area (Å²) >= 11 is 1.84. The molecule has 1 amide bonds. The van der Waals surface area contributed by atoms with Gasteiger partial charge in [-0.2, -0.15) is 11.8 Å². The molecular weight excluding hydrogens is 244 g/mol. The van der Waals surface area contributed by atoms with E-state index < -0.39 is 0 Å². The van der Waals surface area contributed by atoms with E-state index >= 15 is 0 Å². The van der Waals surface area contributed by atoms with Crippen LogP contribution in [0, 0.1) is 0 Å². The number of hydrogen-bond acceptors (Lipinski definition) is 2. The van der Waals surface area contributed by atoms with Gasteiger partial charge >= 0.3 is 0 Å². The number of carbonyl (C=O) groups excluding carboxylic acids is 1. The van der Waals surface area contributed by atoms with Crippen molar-refractivity contribution in [2.75, 3.05) is 11.5 Å². The second kappa shape index (κ2) is 5.96. The maximum atomic E-state index is 12.0. The minimum atomic E-state index is -0.00398. The number of benzene rings is 1. The Morgan fingerprint density at radius 2 is 2.28 bits per heavy atom. The second-order valence-electron chi connectivity index (χ2n) is 4.31. The summed E-state index contributed by atoms with van der Waals surface area (Å²) in [4.78, 5) is 15.2. The van der Waals surface area contributed by atoms with Gasteiger partial charge in [0, 0.05) is 29.1 Å². The quantitative estimate of drug-likeness (QED) is 0.870. The highest BCUT2D eigenvalue weighted by Gasteiger charge is 2.10. The number of fused-ring (bicyclic) bond motifs is 1. The molecule has 0 saturated carbocycles. The van der Waals surface area contributed by atoms with E-state index in [1.165, 1.54) is 0 Å². The zero-order chi connectivity index (χ0) is 13.0. The number of hydrogen-bond donors (Lipinski definition) is 2. The van der Waals surface area contributed by atoms with Gasteiger partial charge in [-0.25, -0.2) is 0 Å². The lowest BCUT2D eigenvalue weighted by Crippen LogP contribution is -2.34. The molecule has 2 N–H and O–H groups in total. The minimum absolute atomic E-state index is 0.00398. The highest BCUT2D eigenvalue weighted by atomic mass is 32.2. The average molecular weight is 262 g/mol. The third-order valence-corrected chi connectivity index (χ3v) is 3.91. The van der Waals surface area contributed by atoms with Crippen LogP contribution in [0.4, 0.5) is 0 Å². The van der Waals surface area contributed by atoms with Crippen LogP contribution in [0.3, 0.4) is 0 Å². The molecule has 1 unspecified atom stereocenters. The maximum absolute atomic E-state index is 12.0. The number of H-pyrrole nitrogens is 1. The molecule has 1 aromatic carbocycles. The maximum Gasteiger partial charge on any atom is 0.251 e. The highest BCUT2D eigenvalue weighted by molar-refractivity contribution is 7.99. The van der Waals surface area contributed by atoms with Gasteiger partial charge in [0.25, 0.3) is 5.91 Å². The summed E-state index contributed by atoms with van der Waals surface area (Å²) in [6.07, 6.45) is 1.88. The molecule has 96 valence electrons. The molecule has 0 saturated heterocycles. The molecule has 1 aromatic heterocycles. The molecular formula is C14H18N2OS. The summed E-state index contributed by atoms with van der Waals surface area (Å²) < 4.78 is 0. The summed E-state index contributed by atoms with van der Waals surface area (Å²) in [7, 11) is 0. The SMILES string of the molecule is CCSCC(C)NC(=O)c1ccc2cc[nH]c2c1. The number of aromatic amines is 1. The Kier molecular flexibility index (Phi) is 4.31. The summed E-state index contributed by atoms with van der Waals surface area (Å²) in [5.41, 5.74) is 1.71. The molecule has 0 spiro atoms. The fraction of sp³-hybridized carbons (Fsp3) is 0.357. The van der Waals surface area contributed by atoms with Gasteiger partial charge in [0.1, 0.15) is 0 Å². The smallest absolute Gasteiger partial charge is 0.251 e. The van der Waals surface area contributed by atoms with E-state index in [1.54, 1.807) is 0 Å². The first kappa shape index (κ1) is 13.0. The Labute approximate surface area is 111 Å². The van der Waals surface area contributed by atoms with Crippen molar-refractivity contribution in [3.8, 4) is 0 Å². The lowest BCUT2D eigenvalue weighted by Gasteiger charge is -2.13. The van der Waals surface area contributed by atoms with Gasteiger partial charge in [-0.15, -0.1) is 0 Å². The number of rotatable bonds is 5. The van der Waals surface area contributed by atoms with Crippen molar-refractivity contribution in [1.82, 2.24) is 10.3 Å². The topological polar surface area (TPSA) is 44.9 Å². The number of nitrogens with one attached hydrogen (secondary N) is 2. The van der Waals surface area contributed by atoms with Crippen LogP contribution in [-0.4, -0.2) is 28.4 Å². The highest BCUT2D eigenvalue weighted by Crippen LogP contribution is 2.14. The predicted molar refractivity (Wildman–Crippen MR) is 78.2 cm³/mol. The number of aromatic nitrogens is 1. The van der Waals surface area contributed by atoms with E-state index in [2.05, 4.69) is 17.2 Å². The molecule has 1 atom stereocenters. The molecule has 18 heavy (non-hydrogen) atoms. The molecule has 4 heteroatoms. The van der Waals surface area contributed by atoms with Crippen LogP contribution < -0.4 is 5.32 Å². The largest absolute Gasteiger partial charge is 0.361 e. The van der Waals surface area contributed by atoms with Crippen LogP contribution in [0.5, 0.6) is 0 Å². The fourth-order valence-electron chi connectivity index (χ4n) is 1.83. The van der Waals surface area contributed by atoms with Crippen LogP contribution in [0.2, 0.25) is 0 Å². The molecule has 0 radical (unpaired) electrons. The zero-order valence-corrected chi connectivity index (χ0v) is 11.5. The minimum Gasteiger partial charge on any atom is -0.361 e. The zero-order valence-electron chi connectivity index (χ0n) is 10.7. The molecule has 2 rings (SSSR count). The van der Waals surface area contributed by atoms with Crippen LogP contribution >= 0.6 is 11.8 Å². The molecule has 0 bridgehead atoms. The first-order valence-electron chi connectivity index (χ1n) is 6.16. The van der Waals surface area contributed by atoms with Gasteiger partial charge in [0.05, 0.1) is 0 Å². The second-order valence-corrected chi connectivity index (χ2v) is 5.63. The van der Waals surface area contributed by atoms with Crippen molar-refractivity contribution in [2.45, 2.75) is 19.9 Å². The van der Waals surface area contributed by atoms with E-state index in [0.29, 0.717) is 5.56 Å². The normalized spacial score (nSPS) is 12.6. The third kappa shape index (κ3) is 3.07.